The van der Waals surface area contributed by atoms with E-state index in [0.717, 1.165) is 48.9 Å². The average Bonchev–Trinajstić information content (AvgIpc) is 3.22. The van der Waals surface area contributed by atoms with Crippen molar-refractivity contribution in [1.29, 1.82) is 0 Å². The summed E-state index contributed by atoms with van der Waals surface area (Å²) in [5.74, 6) is 1.42. The lowest BCUT2D eigenvalue weighted by Gasteiger charge is -2.21. The standard InChI is InChI=1S/C19H23N3OS/c1-13-5-3-4-6-18(13)19(23)22-9-15-7-21(8-16(15)10-22)11-17-12-24-14(2)20-17/h3-6,12,15-16H,7-11H2,1-2H3/t15-,16+. The van der Waals surface area contributed by atoms with Gasteiger partial charge in [0, 0.05) is 43.7 Å². The third kappa shape index (κ3) is 2.98. The van der Waals surface area contributed by atoms with E-state index in [0.29, 0.717) is 11.8 Å². The van der Waals surface area contributed by atoms with Crippen molar-refractivity contribution < 1.29 is 4.79 Å². The predicted molar refractivity (Wildman–Crippen MR) is 96.2 cm³/mol. The van der Waals surface area contributed by atoms with E-state index in [-0.39, 0.29) is 5.91 Å². The highest BCUT2D eigenvalue weighted by Gasteiger charge is 2.41. The average molecular weight is 341 g/mol. The van der Waals surface area contributed by atoms with Crippen molar-refractivity contribution in [2.75, 3.05) is 26.2 Å². The molecule has 24 heavy (non-hydrogen) atoms. The molecule has 0 radical (unpaired) electrons. The molecule has 2 aromatic rings. The van der Waals surface area contributed by atoms with Gasteiger partial charge in [-0.05, 0) is 37.3 Å². The lowest BCUT2D eigenvalue weighted by Crippen LogP contribution is -2.33. The van der Waals surface area contributed by atoms with Crippen LogP contribution in [0.15, 0.2) is 29.6 Å². The van der Waals surface area contributed by atoms with E-state index >= 15 is 0 Å². The summed E-state index contributed by atoms with van der Waals surface area (Å²) in [7, 11) is 0. The van der Waals surface area contributed by atoms with Crippen molar-refractivity contribution >= 4 is 17.2 Å². The summed E-state index contributed by atoms with van der Waals surface area (Å²) < 4.78 is 0. The zero-order chi connectivity index (χ0) is 16.7. The molecule has 1 aromatic heterocycles. The molecule has 0 saturated carbocycles. The van der Waals surface area contributed by atoms with Crippen LogP contribution in [0.1, 0.15) is 26.6 Å². The third-order valence-corrected chi connectivity index (χ3v) is 6.10. The Kier molecular flexibility index (Phi) is 4.14. The lowest BCUT2D eigenvalue weighted by molar-refractivity contribution is 0.0772. The molecule has 0 unspecified atom stereocenters. The van der Waals surface area contributed by atoms with Gasteiger partial charge < -0.3 is 4.90 Å². The van der Waals surface area contributed by atoms with Gasteiger partial charge in [0.2, 0.25) is 0 Å². The SMILES string of the molecule is Cc1nc(CN2C[C@@H]3CN(C(=O)c4ccccc4C)C[C@@H]3C2)cs1. The minimum absolute atomic E-state index is 0.198. The van der Waals surface area contributed by atoms with Crippen molar-refractivity contribution in [3.05, 3.63) is 51.5 Å². The topological polar surface area (TPSA) is 36.4 Å². The number of hydrogen-bond acceptors (Lipinski definition) is 4. The van der Waals surface area contributed by atoms with Gasteiger partial charge in [-0.15, -0.1) is 11.3 Å². The first kappa shape index (κ1) is 15.8. The first-order chi connectivity index (χ1) is 11.6. The van der Waals surface area contributed by atoms with Crippen molar-refractivity contribution in [2.24, 2.45) is 11.8 Å². The minimum Gasteiger partial charge on any atom is -0.338 e. The highest BCUT2D eigenvalue weighted by atomic mass is 32.1. The summed E-state index contributed by atoms with van der Waals surface area (Å²) in [6, 6.07) is 7.90. The Morgan fingerprint density at radius 2 is 1.88 bits per heavy atom. The normalized spacial score (nSPS) is 23.7. The molecule has 3 heterocycles. The van der Waals surface area contributed by atoms with Gasteiger partial charge >= 0.3 is 0 Å². The monoisotopic (exact) mass is 341 g/mol. The molecule has 5 heteroatoms. The number of amides is 1. The molecule has 1 amide bonds. The van der Waals surface area contributed by atoms with Crippen molar-refractivity contribution in [3.63, 3.8) is 0 Å². The van der Waals surface area contributed by atoms with Gasteiger partial charge in [0.25, 0.3) is 5.91 Å². The molecule has 0 bridgehead atoms. The predicted octanol–water partition coefficient (Wildman–Crippen LogP) is 2.96. The summed E-state index contributed by atoms with van der Waals surface area (Å²) >= 11 is 1.72. The second-order valence-corrected chi connectivity index (χ2v) is 8.16. The number of carbonyl (C=O) groups excluding carboxylic acids is 1. The van der Waals surface area contributed by atoms with Crippen molar-refractivity contribution in [1.82, 2.24) is 14.8 Å². The summed E-state index contributed by atoms with van der Waals surface area (Å²) in [5, 5.41) is 3.30. The largest absolute Gasteiger partial charge is 0.338 e. The third-order valence-electron chi connectivity index (χ3n) is 5.28. The number of aryl methyl sites for hydroxylation is 2. The Labute approximate surface area is 147 Å². The Morgan fingerprint density at radius 3 is 2.50 bits per heavy atom. The zero-order valence-electron chi connectivity index (χ0n) is 14.2. The molecule has 1 aromatic carbocycles. The number of thiazole rings is 1. The number of fused-ring (bicyclic) bond motifs is 1. The van der Waals surface area contributed by atoms with Crippen LogP contribution < -0.4 is 0 Å². The lowest BCUT2D eigenvalue weighted by atomic mass is 10.0. The minimum atomic E-state index is 0.198. The molecule has 2 saturated heterocycles. The van der Waals surface area contributed by atoms with E-state index in [9.17, 15) is 4.79 Å². The fourth-order valence-corrected chi connectivity index (χ4v) is 4.68. The summed E-state index contributed by atoms with van der Waals surface area (Å²) in [6.45, 7) is 8.97. The number of carbonyl (C=O) groups is 1. The number of benzene rings is 1. The zero-order valence-corrected chi connectivity index (χ0v) is 15.1. The summed E-state index contributed by atoms with van der Waals surface area (Å²) in [4.78, 5) is 21.9. The Hall–Kier alpha value is -1.72. The van der Waals surface area contributed by atoms with E-state index in [1.165, 1.54) is 5.69 Å². The van der Waals surface area contributed by atoms with Crippen LogP contribution in [0.5, 0.6) is 0 Å². The van der Waals surface area contributed by atoms with Crippen LogP contribution in [0.25, 0.3) is 0 Å². The van der Waals surface area contributed by atoms with Gasteiger partial charge in [-0.3, -0.25) is 9.69 Å². The highest BCUT2D eigenvalue weighted by Crippen LogP contribution is 2.33. The fraction of sp³-hybridized carbons (Fsp3) is 0.474. The van der Waals surface area contributed by atoms with Gasteiger partial charge in [-0.25, -0.2) is 4.98 Å². The smallest absolute Gasteiger partial charge is 0.254 e. The molecule has 2 aliphatic rings. The van der Waals surface area contributed by atoms with E-state index in [1.807, 2.05) is 31.2 Å². The van der Waals surface area contributed by atoms with Crippen LogP contribution in [-0.2, 0) is 6.54 Å². The molecule has 0 aliphatic carbocycles. The maximum atomic E-state index is 12.8. The van der Waals surface area contributed by atoms with Gasteiger partial charge in [0.15, 0.2) is 0 Å². The van der Waals surface area contributed by atoms with Gasteiger partial charge in [-0.2, -0.15) is 0 Å². The maximum Gasteiger partial charge on any atom is 0.254 e. The van der Waals surface area contributed by atoms with Crippen LogP contribution in [0.2, 0.25) is 0 Å². The van der Waals surface area contributed by atoms with E-state index < -0.39 is 0 Å². The van der Waals surface area contributed by atoms with Gasteiger partial charge in [-0.1, -0.05) is 18.2 Å². The Morgan fingerprint density at radius 1 is 1.17 bits per heavy atom. The first-order valence-electron chi connectivity index (χ1n) is 8.58. The molecule has 126 valence electrons. The van der Waals surface area contributed by atoms with E-state index in [4.69, 9.17) is 0 Å². The van der Waals surface area contributed by atoms with Gasteiger partial charge in [0.05, 0.1) is 10.7 Å². The number of likely N-dealkylation sites (tertiary alicyclic amines) is 2. The second kappa shape index (κ2) is 6.30. The van der Waals surface area contributed by atoms with Crippen LogP contribution in [0.3, 0.4) is 0 Å². The number of hydrogen-bond donors (Lipinski definition) is 0. The first-order valence-corrected chi connectivity index (χ1v) is 9.46. The molecule has 4 nitrogen and oxygen atoms in total. The summed E-state index contributed by atoms with van der Waals surface area (Å²) in [6.07, 6.45) is 0. The molecule has 2 aliphatic heterocycles. The molecule has 4 rings (SSSR count). The van der Waals surface area contributed by atoms with Crippen molar-refractivity contribution in [2.45, 2.75) is 20.4 Å². The highest BCUT2D eigenvalue weighted by molar-refractivity contribution is 7.09. The second-order valence-electron chi connectivity index (χ2n) is 7.10. The van der Waals surface area contributed by atoms with Crippen molar-refractivity contribution in [3.8, 4) is 0 Å². The van der Waals surface area contributed by atoms with Crippen LogP contribution in [0.4, 0.5) is 0 Å². The van der Waals surface area contributed by atoms with Crippen LogP contribution in [0, 0.1) is 25.7 Å². The molecule has 2 fully saturated rings. The van der Waals surface area contributed by atoms with Gasteiger partial charge in [0.1, 0.15) is 0 Å². The number of nitrogens with zero attached hydrogens (tertiary/aromatic N) is 3. The number of aromatic nitrogens is 1. The Balaban J connectivity index is 1.37. The van der Waals surface area contributed by atoms with E-state index in [2.05, 4.69) is 27.1 Å². The summed E-state index contributed by atoms with van der Waals surface area (Å²) in [5.41, 5.74) is 3.11. The molecule has 0 N–H and O–H groups in total. The molecular weight excluding hydrogens is 318 g/mol. The molecule has 2 atom stereocenters. The molecule has 0 spiro atoms. The maximum absolute atomic E-state index is 12.8. The quantitative estimate of drug-likeness (QED) is 0.861. The Bertz CT molecular complexity index is 743. The fourth-order valence-electron chi connectivity index (χ4n) is 4.08. The molecular formula is C19H23N3OS. The number of rotatable bonds is 3. The van der Waals surface area contributed by atoms with Crippen LogP contribution in [-0.4, -0.2) is 46.9 Å². The van der Waals surface area contributed by atoms with E-state index in [1.54, 1.807) is 11.3 Å². The van der Waals surface area contributed by atoms with Crippen LogP contribution >= 0.6 is 11.3 Å².